The van der Waals surface area contributed by atoms with E-state index in [0.29, 0.717) is 12.5 Å². The molecule has 2 aliphatic carbocycles. The highest BCUT2D eigenvalue weighted by Crippen LogP contribution is 2.34. The Hall–Kier alpha value is -1.10. The number of carboxylic acid groups (broad SMARTS) is 1. The third-order valence-corrected chi connectivity index (χ3v) is 4.21. The van der Waals surface area contributed by atoms with Gasteiger partial charge in [-0.15, -0.1) is 0 Å². The number of hydrogen-bond acceptors (Lipinski definition) is 3. The van der Waals surface area contributed by atoms with Gasteiger partial charge in [-0.2, -0.15) is 0 Å². The quantitative estimate of drug-likeness (QED) is 0.674. The summed E-state index contributed by atoms with van der Waals surface area (Å²) in [7, 11) is 0. The van der Waals surface area contributed by atoms with Gasteiger partial charge in [-0.25, -0.2) is 4.79 Å². The average molecular weight is 254 g/mol. The number of amides is 1. The van der Waals surface area contributed by atoms with E-state index in [2.05, 4.69) is 5.32 Å². The standard InChI is InChI=1S/C13H22N2O3/c14-7-8-1-3-10(4-2-8)12(16)15-11(13(17)18)9-5-6-9/h8-11H,1-7,14H2,(H,15,16)(H,17,18). The summed E-state index contributed by atoms with van der Waals surface area (Å²) in [4.78, 5) is 23.1. The lowest BCUT2D eigenvalue weighted by Gasteiger charge is -2.27. The smallest absolute Gasteiger partial charge is 0.326 e. The predicted octanol–water partition coefficient (Wildman–Crippen LogP) is 0.731. The number of carbonyl (C=O) groups excluding carboxylic acids is 1. The molecular weight excluding hydrogens is 232 g/mol. The molecule has 102 valence electrons. The van der Waals surface area contributed by atoms with Crippen LogP contribution in [0.5, 0.6) is 0 Å². The Bertz CT molecular complexity index is 320. The summed E-state index contributed by atoms with van der Waals surface area (Å²) in [5.41, 5.74) is 5.61. The van der Waals surface area contributed by atoms with Crippen molar-refractivity contribution in [3.05, 3.63) is 0 Å². The second-order valence-electron chi connectivity index (χ2n) is 5.62. The first-order chi connectivity index (χ1) is 8.61. The van der Waals surface area contributed by atoms with Gasteiger partial charge in [0.05, 0.1) is 0 Å². The molecule has 18 heavy (non-hydrogen) atoms. The molecule has 0 aromatic rings. The van der Waals surface area contributed by atoms with Crippen LogP contribution in [0, 0.1) is 17.8 Å². The van der Waals surface area contributed by atoms with E-state index >= 15 is 0 Å². The number of aliphatic carboxylic acids is 1. The zero-order valence-corrected chi connectivity index (χ0v) is 10.6. The van der Waals surface area contributed by atoms with Crippen LogP contribution in [-0.4, -0.2) is 29.6 Å². The highest BCUT2D eigenvalue weighted by Gasteiger charge is 2.38. The molecule has 0 aliphatic heterocycles. The Morgan fingerprint density at radius 2 is 1.78 bits per heavy atom. The van der Waals surface area contributed by atoms with E-state index < -0.39 is 12.0 Å². The monoisotopic (exact) mass is 254 g/mol. The van der Waals surface area contributed by atoms with Crippen LogP contribution >= 0.6 is 0 Å². The van der Waals surface area contributed by atoms with Crippen LogP contribution < -0.4 is 11.1 Å². The van der Waals surface area contributed by atoms with Gasteiger partial charge in [-0.05, 0) is 56.9 Å². The SMILES string of the molecule is NCC1CCC(C(=O)NC(C(=O)O)C2CC2)CC1. The summed E-state index contributed by atoms with van der Waals surface area (Å²) in [6, 6.07) is -0.676. The largest absolute Gasteiger partial charge is 0.480 e. The van der Waals surface area contributed by atoms with Gasteiger partial charge in [-0.1, -0.05) is 0 Å². The highest BCUT2D eigenvalue weighted by molar-refractivity contribution is 5.85. The molecule has 2 aliphatic rings. The molecule has 2 rings (SSSR count). The minimum Gasteiger partial charge on any atom is -0.480 e. The van der Waals surface area contributed by atoms with Crippen molar-refractivity contribution in [3.63, 3.8) is 0 Å². The van der Waals surface area contributed by atoms with Crippen LogP contribution in [0.2, 0.25) is 0 Å². The maximum atomic E-state index is 12.0. The van der Waals surface area contributed by atoms with E-state index in [9.17, 15) is 9.59 Å². The van der Waals surface area contributed by atoms with Crippen LogP contribution in [0.1, 0.15) is 38.5 Å². The number of carboxylic acids is 1. The molecule has 1 unspecified atom stereocenters. The van der Waals surface area contributed by atoms with Gasteiger partial charge in [0.1, 0.15) is 6.04 Å². The molecule has 5 nitrogen and oxygen atoms in total. The Morgan fingerprint density at radius 3 is 2.22 bits per heavy atom. The van der Waals surface area contributed by atoms with Gasteiger partial charge in [0.15, 0.2) is 0 Å². The molecule has 0 radical (unpaired) electrons. The number of nitrogens with one attached hydrogen (secondary N) is 1. The van der Waals surface area contributed by atoms with Crippen molar-refractivity contribution in [2.75, 3.05) is 6.54 Å². The fourth-order valence-electron chi connectivity index (χ4n) is 2.74. The Morgan fingerprint density at radius 1 is 1.17 bits per heavy atom. The first-order valence-electron chi connectivity index (χ1n) is 6.85. The van der Waals surface area contributed by atoms with Crippen LogP contribution in [0.15, 0.2) is 0 Å². The van der Waals surface area contributed by atoms with E-state index in [-0.39, 0.29) is 17.7 Å². The molecule has 1 atom stereocenters. The van der Waals surface area contributed by atoms with Crippen molar-refractivity contribution in [2.45, 2.75) is 44.6 Å². The topological polar surface area (TPSA) is 92.4 Å². The average Bonchev–Trinajstić information content (AvgIpc) is 3.19. The van der Waals surface area contributed by atoms with E-state index in [1.54, 1.807) is 0 Å². The minimum atomic E-state index is -0.901. The third kappa shape index (κ3) is 3.22. The van der Waals surface area contributed by atoms with Crippen molar-refractivity contribution in [2.24, 2.45) is 23.5 Å². The summed E-state index contributed by atoms with van der Waals surface area (Å²) in [6.45, 7) is 0.689. The maximum absolute atomic E-state index is 12.0. The summed E-state index contributed by atoms with van der Waals surface area (Å²) < 4.78 is 0. The Labute approximate surface area is 107 Å². The normalized spacial score (nSPS) is 29.6. The van der Waals surface area contributed by atoms with Gasteiger partial charge in [-0.3, -0.25) is 4.79 Å². The fourth-order valence-corrected chi connectivity index (χ4v) is 2.74. The lowest BCUT2D eigenvalue weighted by atomic mass is 9.81. The number of rotatable bonds is 5. The summed E-state index contributed by atoms with van der Waals surface area (Å²) >= 11 is 0. The van der Waals surface area contributed by atoms with Crippen LogP contribution in [-0.2, 0) is 9.59 Å². The second kappa shape index (κ2) is 5.69. The Kier molecular flexibility index (Phi) is 4.22. The van der Waals surface area contributed by atoms with Gasteiger partial charge in [0, 0.05) is 5.92 Å². The number of hydrogen-bond donors (Lipinski definition) is 3. The number of carbonyl (C=O) groups is 2. The summed E-state index contributed by atoms with van der Waals surface area (Å²) in [5.74, 6) is -0.320. The van der Waals surface area contributed by atoms with Crippen LogP contribution in [0.4, 0.5) is 0 Å². The molecule has 0 saturated heterocycles. The minimum absolute atomic E-state index is 0.0200. The van der Waals surface area contributed by atoms with Gasteiger partial charge < -0.3 is 16.2 Å². The lowest BCUT2D eigenvalue weighted by molar-refractivity contribution is -0.143. The van der Waals surface area contributed by atoms with Crippen molar-refractivity contribution in [1.29, 1.82) is 0 Å². The lowest BCUT2D eigenvalue weighted by Crippen LogP contribution is -2.45. The molecular formula is C13H22N2O3. The van der Waals surface area contributed by atoms with Crippen molar-refractivity contribution < 1.29 is 14.7 Å². The molecule has 0 spiro atoms. The molecule has 0 bridgehead atoms. The van der Waals surface area contributed by atoms with Crippen molar-refractivity contribution in [1.82, 2.24) is 5.32 Å². The highest BCUT2D eigenvalue weighted by atomic mass is 16.4. The zero-order valence-electron chi connectivity index (χ0n) is 10.6. The van der Waals surface area contributed by atoms with E-state index in [0.717, 1.165) is 38.5 Å². The predicted molar refractivity (Wildman–Crippen MR) is 66.8 cm³/mol. The van der Waals surface area contributed by atoms with E-state index in [1.165, 1.54) is 0 Å². The molecule has 4 N–H and O–H groups in total. The fraction of sp³-hybridized carbons (Fsp3) is 0.846. The molecule has 0 aromatic carbocycles. The Balaban J connectivity index is 1.82. The zero-order chi connectivity index (χ0) is 13.1. The van der Waals surface area contributed by atoms with Crippen LogP contribution in [0.25, 0.3) is 0 Å². The van der Waals surface area contributed by atoms with E-state index in [1.807, 2.05) is 0 Å². The molecule has 5 heteroatoms. The van der Waals surface area contributed by atoms with Gasteiger partial charge in [0.25, 0.3) is 0 Å². The molecule has 0 heterocycles. The van der Waals surface area contributed by atoms with Crippen molar-refractivity contribution >= 4 is 11.9 Å². The molecule has 2 fully saturated rings. The van der Waals surface area contributed by atoms with Crippen molar-refractivity contribution in [3.8, 4) is 0 Å². The van der Waals surface area contributed by atoms with Gasteiger partial charge in [0.2, 0.25) is 5.91 Å². The number of nitrogens with two attached hydrogens (primary N) is 1. The van der Waals surface area contributed by atoms with Gasteiger partial charge >= 0.3 is 5.97 Å². The first-order valence-corrected chi connectivity index (χ1v) is 6.85. The maximum Gasteiger partial charge on any atom is 0.326 e. The summed E-state index contributed by atoms with van der Waals surface area (Å²) in [5, 5.41) is 11.8. The van der Waals surface area contributed by atoms with E-state index in [4.69, 9.17) is 10.8 Å². The second-order valence-corrected chi connectivity index (χ2v) is 5.62. The van der Waals surface area contributed by atoms with Crippen LogP contribution in [0.3, 0.4) is 0 Å². The molecule has 0 aromatic heterocycles. The summed E-state index contributed by atoms with van der Waals surface area (Å²) in [6.07, 6.45) is 5.47. The molecule has 1 amide bonds. The third-order valence-electron chi connectivity index (χ3n) is 4.21. The first kappa shape index (κ1) is 13.3. The molecule has 2 saturated carbocycles.